The third-order valence-corrected chi connectivity index (χ3v) is 2.86. The lowest BCUT2D eigenvalue weighted by atomic mass is 10.1. The van der Waals surface area contributed by atoms with Crippen molar-refractivity contribution in [3.8, 4) is 5.75 Å². The molecular formula is C15H14FNO2. The van der Waals surface area contributed by atoms with Gasteiger partial charge < -0.3 is 10.0 Å². The van der Waals surface area contributed by atoms with Gasteiger partial charge in [0.25, 0.3) is 0 Å². The molecule has 2 rings (SSSR count). The third kappa shape index (κ3) is 3.31. The standard InChI is InChI=1S/C15H14FNO2/c1-17(13-3-2-4-14(18)10-13)15(19)9-11-5-7-12(16)8-6-11/h2-8,10,18H,9H2,1H3. The van der Waals surface area contributed by atoms with Crippen LogP contribution in [0.4, 0.5) is 10.1 Å². The van der Waals surface area contributed by atoms with Gasteiger partial charge in [-0.2, -0.15) is 0 Å². The Labute approximate surface area is 110 Å². The monoisotopic (exact) mass is 259 g/mol. The third-order valence-electron chi connectivity index (χ3n) is 2.86. The molecule has 0 atom stereocenters. The fourth-order valence-corrected chi connectivity index (χ4v) is 1.74. The lowest BCUT2D eigenvalue weighted by Crippen LogP contribution is -2.27. The molecule has 0 bridgehead atoms. The molecule has 2 aromatic carbocycles. The van der Waals surface area contributed by atoms with Crippen molar-refractivity contribution in [2.75, 3.05) is 11.9 Å². The molecule has 1 N–H and O–H groups in total. The second-order valence-corrected chi connectivity index (χ2v) is 4.28. The van der Waals surface area contributed by atoms with Crippen molar-refractivity contribution in [2.24, 2.45) is 0 Å². The molecule has 0 aliphatic heterocycles. The molecule has 0 aliphatic carbocycles. The number of benzene rings is 2. The largest absolute Gasteiger partial charge is 0.508 e. The van der Waals surface area contributed by atoms with Gasteiger partial charge in [0.15, 0.2) is 0 Å². The maximum Gasteiger partial charge on any atom is 0.231 e. The minimum absolute atomic E-state index is 0.110. The van der Waals surface area contributed by atoms with E-state index >= 15 is 0 Å². The summed E-state index contributed by atoms with van der Waals surface area (Å²) < 4.78 is 12.8. The molecule has 0 unspecified atom stereocenters. The van der Waals surface area contributed by atoms with Crippen molar-refractivity contribution in [2.45, 2.75) is 6.42 Å². The lowest BCUT2D eigenvalue weighted by Gasteiger charge is -2.17. The van der Waals surface area contributed by atoms with E-state index in [9.17, 15) is 14.3 Å². The molecule has 2 aromatic rings. The molecule has 0 spiro atoms. The van der Waals surface area contributed by atoms with Gasteiger partial charge in [-0.25, -0.2) is 4.39 Å². The highest BCUT2D eigenvalue weighted by Crippen LogP contribution is 2.19. The predicted molar refractivity (Wildman–Crippen MR) is 71.6 cm³/mol. The van der Waals surface area contributed by atoms with E-state index in [0.717, 1.165) is 5.56 Å². The summed E-state index contributed by atoms with van der Waals surface area (Å²) in [5.74, 6) is -0.339. The summed E-state index contributed by atoms with van der Waals surface area (Å²) in [5, 5.41) is 9.38. The number of carbonyl (C=O) groups excluding carboxylic acids is 1. The smallest absolute Gasteiger partial charge is 0.231 e. The first-order valence-electron chi connectivity index (χ1n) is 5.86. The number of phenolic OH excluding ortho intramolecular Hbond substituents is 1. The van der Waals surface area contributed by atoms with Crippen LogP contribution in [0.5, 0.6) is 5.75 Å². The minimum Gasteiger partial charge on any atom is -0.508 e. The maximum atomic E-state index is 12.8. The van der Waals surface area contributed by atoms with E-state index < -0.39 is 0 Å². The van der Waals surface area contributed by atoms with Crippen molar-refractivity contribution in [1.82, 2.24) is 0 Å². The second kappa shape index (κ2) is 5.52. The first-order valence-corrected chi connectivity index (χ1v) is 5.86. The minimum atomic E-state index is -0.322. The highest BCUT2D eigenvalue weighted by Gasteiger charge is 2.12. The van der Waals surface area contributed by atoms with Gasteiger partial charge in [0, 0.05) is 18.8 Å². The Hall–Kier alpha value is -2.36. The van der Waals surface area contributed by atoms with Gasteiger partial charge in [-0.15, -0.1) is 0 Å². The van der Waals surface area contributed by atoms with Crippen molar-refractivity contribution in [1.29, 1.82) is 0 Å². The number of halogens is 1. The average Bonchev–Trinajstić information content (AvgIpc) is 2.40. The first kappa shape index (κ1) is 13.1. The van der Waals surface area contributed by atoms with Crippen LogP contribution in [-0.2, 0) is 11.2 Å². The lowest BCUT2D eigenvalue weighted by molar-refractivity contribution is -0.117. The van der Waals surface area contributed by atoms with Crippen LogP contribution in [0.1, 0.15) is 5.56 Å². The molecule has 19 heavy (non-hydrogen) atoms. The molecule has 0 aliphatic rings. The molecular weight excluding hydrogens is 245 g/mol. The second-order valence-electron chi connectivity index (χ2n) is 4.28. The quantitative estimate of drug-likeness (QED) is 0.920. The number of phenols is 1. The van der Waals surface area contributed by atoms with Crippen LogP contribution in [-0.4, -0.2) is 18.1 Å². The number of rotatable bonds is 3. The topological polar surface area (TPSA) is 40.5 Å². The molecule has 1 amide bonds. The fourth-order valence-electron chi connectivity index (χ4n) is 1.74. The summed E-state index contributed by atoms with van der Waals surface area (Å²) in [5.41, 5.74) is 1.37. The fraction of sp³-hybridized carbons (Fsp3) is 0.133. The Morgan fingerprint density at radius 3 is 2.53 bits per heavy atom. The number of hydrogen-bond acceptors (Lipinski definition) is 2. The van der Waals surface area contributed by atoms with E-state index in [1.807, 2.05) is 0 Å². The summed E-state index contributed by atoms with van der Waals surface area (Å²) in [6.07, 6.45) is 0.187. The Bertz CT molecular complexity index is 581. The average molecular weight is 259 g/mol. The van der Waals surface area contributed by atoms with Crippen LogP contribution < -0.4 is 4.90 Å². The molecule has 98 valence electrons. The van der Waals surface area contributed by atoms with Crippen molar-refractivity contribution >= 4 is 11.6 Å². The van der Waals surface area contributed by atoms with Crippen molar-refractivity contribution in [3.05, 3.63) is 59.9 Å². The van der Waals surface area contributed by atoms with Gasteiger partial charge in [-0.05, 0) is 29.8 Å². The predicted octanol–water partition coefficient (Wildman–Crippen LogP) is 2.74. The van der Waals surface area contributed by atoms with Crippen LogP contribution in [0.2, 0.25) is 0 Å². The highest BCUT2D eigenvalue weighted by molar-refractivity contribution is 5.94. The van der Waals surface area contributed by atoms with Crippen LogP contribution in [0.15, 0.2) is 48.5 Å². The molecule has 4 heteroatoms. The van der Waals surface area contributed by atoms with Gasteiger partial charge in [0.05, 0.1) is 6.42 Å². The van der Waals surface area contributed by atoms with Crippen molar-refractivity contribution < 1.29 is 14.3 Å². The van der Waals surface area contributed by atoms with E-state index in [1.165, 1.54) is 23.1 Å². The van der Waals surface area contributed by atoms with Crippen LogP contribution in [0, 0.1) is 5.82 Å². The molecule has 0 saturated carbocycles. The summed E-state index contributed by atoms with van der Waals surface area (Å²) in [7, 11) is 1.64. The molecule has 0 fully saturated rings. The van der Waals surface area contributed by atoms with Crippen LogP contribution in [0.3, 0.4) is 0 Å². The summed E-state index contributed by atoms with van der Waals surface area (Å²) in [6, 6.07) is 12.3. The van der Waals surface area contributed by atoms with E-state index in [2.05, 4.69) is 0 Å². The summed E-state index contributed by atoms with van der Waals surface area (Å²) in [6.45, 7) is 0. The molecule has 0 aromatic heterocycles. The van der Waals surface area contributed by atoms with Gasteiger partial charge in [0.1, 0.15) is 11.6 Å². The number of carbonyl (C=O) groups is 1. The molecule has 3 nitrogen and oxygen atoms in total. The van der Waals surface area contributed by atoms with Crippen LogP contribution in [0.25, 0.3) is 0 Å². The zero-order valence-corrected chi connectivity index (χ0v) is 10.5. The van der Waals surface area contributed by atoms with E-state index in [0.29, 0.717) is 5.69 Å². The number of hydrogen-bond donors (Lipinski definition) is 1. The SMILES string of the molecule is CN(C(=O)Cc1ccc(F)cc1)c1cccc(O)c1. The molecule has 0 heterocycles. The number of anilines is 1. The van der Waals surface area contributed by atoms with Gasteiger partial charge in [0.2, 0.25) is 5.91 Å². The Balaban J connectivity index is 2.09. The number of aromatic hydroxyl groups is 1. The molecule has 0 radical (unpaired) electrons. The molecule has 0 saturated heterocycles. The zero-order valence-electron chi connectivity index (χ0n) is 10.5. The van der Waals surface area contributed by atoms with E-state index in [1.54, 1.807) is 37.4 Å². The first-order chi connectivity index (χ1) is 9.06. The van der Waals surface area contributed by atoms with E-state index in [4.69, 9.17) is 0 Å². The van der Waals surface area contributed by atoms with Gasteiger partial charge >= 0.3 is 0 Å². The summed E-state index contributed by atoms with van der Waals surface area (Å²) in [4.78, 5) is 13.5. The van der Waals surface area contributed by atoms with Gasteiger partial charge in [-0.3, -0.25) is 4.79 Å². The summed E-state index contributed by atoms with van der Waals surface area (Å²) >= 11 is 0. The highest BCUT2D eigenvalue weighted by atomic mass is 19.1. The van der Waals surface area contributed by atoms with Crippen molar-refractivity contribution in [3.63, 3.8) is 0 Å². The maximum absolute atomic E-state index is 12.8. The number of nitrogens with zero attached hydrogens (tertiary/aromatic N) is 1. The van der Waals surface area contributed by atoms with Crippen LogP contribution >= 0.6 is 0 Å². The van der Waals surface area contributed by atoms with E-state index in [-0.39, 0.29) is 23.9 Å². The Kier molecular flexibility index (Phi) is 3.80. The Morgan fingerprint density at radius 1 is 1.21 bits per heavy atom. The van der Waals surface area contributed by atoms with Gasteiger partial charge in [-0.1, -0.05) is 18.2 Å². The Morgan fingerprint density at radius 2 is 1.89 bits per heavy atom. The normalized spacial score (nSPS) is 10.2. The number of likely N-dealkylation sites (N-methyl/N-ethyl adjacent to an activating group) is 1. The zero-order chi connectivity index (χ0) is 13.8. The number of amides is 1.